The van der Waals surface area contributed by atoms with Gasteiger partial charge < -0.3 is 15.5 Å². The molecule has 2 N–H and O–H groups in total. The van der Waals surface area contributed by atoms with E-state index in [4.69, 9.17) is 11.6 Å². The maximum absolute atomic E-state index is 12.4. The van der Waals surface area contributed by atoms with Crippen LogP contribution in [0.1, 0.15) is 44.6 Å². The van der Waals surface area contributed by atoms with Crippen LogP contribution in [0.4, 0.5) is 5.13 Å². The topological polar surface area (TPSA) is 104 Å². The highest BCUT2D eigenvalue weighted by Crippen LogP contribution is 2.28. The van der Waals surface area contributed by atoms with E-state index in [0.717, 1.165) is 42.3 Å². The molecular formula is C21H26ClN5O3S2. The molecule has 3 amide bonds. The Bertz CT molecular complexity index is 932. The van der Waals surface area contributed by atoms with Gasteiger partial charge in [-0.2, -0.15) is 0 Å². The van der Waals surface area contributed by atoms with Crippen molar-refractivity contribution in [3.05, 3.63) is 34.9 Å². The predicted molar refractivity (Wildman–Crippen MR) is 127 cm³/mol. The Kier molecular flexibility index (Phi) is 9.31. The van der Waals surface area contributed by atoms with E-state index in [2.05, 4.69) is 20.8 Å². The molecule has 1 fully saturated rings. The number of rotatable bonds is 9. The molecule has 1 saturated heterocycles. The number of aromatic nitrogens is 2. The van der Waals surface area contributed by atoms with E-state index in [9.17, 15) is 14.4 Å². The molecule has 0 spiro atoms. The van der Waals surface area contributed by atoms with Crippen molar-refractivity contribution in [3.8, 4) is 0 Å². The molecule has 2 aromatic rings. The van der Waals surface area contributed by atoms with Crippen LogP contribution in [0.25, 0.3) is 0 Å². The molecule has 0 saturated carbocycles. The zero-order chi connectivity index (χ0) is 22.9. The van der Waals surface area contributed by atoms with Gasteiger partial charge in [0.05, 0.1) is 0 Å². The number of hydrogen-bond donors (Lipinski definition) is 2. The third kappa shape index (κ3) is 7.75. The molecular weight excluding hydrogens is 470 g/mol. The Morgan fingerprint density at radius 1 is 1.09 bits per heavy atom. The number of hydrogen-bond acceptors (Lipinski definition) is 7. The van der Waals surface area contributed by atoms with Gasteiger partial charge in [-0.25, -0.2) is 0 Å². The first-order valence-corrected chi connectivity index (χ1v) is 12.7. The molecule has 0 radical (unpaired) electrons. The van der Waals surface area contributed by atoms with Gasteiger partial charge in [0, 0.05) is 36.7 Å². The summed E-state index contributed by atoms with van der Waals surface area (Å²) in [5.41, 5.74) is 1.11. The molecule has 1 aliphatic heterocycles. The standard InChI is InChI=1S/C21H26ClN5O3S2/c1-14(19(30)27-11-3-2-4-12-27)23-17(28)9-10-18(29)24-20-25-26-21(32-20)31-13-15-5-7-16(22)8-6-15/h5-8,14H,2-4,9-13H2,1H3,(H,23,28)(H,24,25,29). The Labute approximate surface area is 200 Å². The lowest BCUT2D eigenvalue weighted by molar-refractivity contribution is -0.136. The minimum Gasteiger partial charge on any atom is -0.345 e. The number of nitrogens with zero attached hydrogens (tertiary/aromatic N) is 3. The Morgan fingerprint density at radius 2 is 1.78 bits per heavy atom. The van der Waals surface area contributed by atoms with Gasteiger partial charge in [-0.15, -0.1) is 10.2 Å². The lowest BCUT2D eigenvalue weighted by Gasteiger charge is -2.29. The molecule has 1 atom stereocenters. The molecule has 8 nitrogen and oxygen atoms in total. The molecule has 1 unspecified atom stereocenters. The van der Waals surface area contributed by atoms with Gasteiger partial charge in [-0.1, -0.05) is 46.8 Å². The van der Waals surface area contributed by atoms with Gasteiger partial charge in [0.1, 0.15) is 6.04 Å². The fourth-order valence-electron chi connectivity index (χ4n) is 3.22. The lowest BCUT2D eigenvalue weighted by atomic mass is 10.1. The number of anilines is 1. The van der Waals surface area contributed by atoms with Crippen molar-refractivity contribution in [2.24, 2.45) is 0 Å². The smallest absolute Gasteiger partial charge is 0.244 e. The van der Waals surface area contributed by atoms with Crippen LogP contribution < -0.4 is 10.6 Å². The van der Waals surface area contributed by atoms with E-state index in [1.807, 2.05) is 24.3 Å². The first kappa shape index (κ1) is 24.5. The number of thioether (sulfide) groups is 1. The third-order valence-corrected chi connectivity index (χ3v) is 7.22. The third-order valence-electron chi connectivity index (χ3n) is 4.92. The van der Waals surface area contributed by atoms with Crippen molar-refractivity contribution >= 4 is 57.6 Å². The van der Waals surface area contributed by atoms with Crippen LogP contribution >= 0.6 is 34.7 Å². The van der Waals surface area contributed by atoms with Gasteiger partial charge >= 0.3 is 0 Å². The van der Waals surface area contributed by atoms with E-state index < -0.39 is 6.04 Å². The number of benzene rings is 1. The molecule has 0 bridgehead atoms. The quantitative estimate of drug-likeness (QED) is 0.406. The minimum atomic E-state index is -0.591. The maximum Gasteiger partial charge on any atom is 0.244 e. The van der Waals surface area contributed by atoms with Crippen LogP contribution in [0, 0.1) is 0 Å². The molecule has 32 heavy (non-hydrogen) atoms. The second kappa shape index (κ2) is 12.2. The van der Waals surface area contributed by atoms with Crippen molar-refractivity contribution in [2.45, 2.75) is 55.2 Å². The summed E-state index contributed by atoms with van der Waals surface area (Å²) in [6.07, 6.45) is 3.14. The fourth-order valence-corrected chi connectivity index (χ4v) is 5.07. The first-order valence-electron chi connectivity index (χ1n) is 10.5. The molecule has 1 aromatic heterocycles. The monoisotopic (exact) mass is 495 g/mol. The zero-order valence-electron chi connectivity index (χ0n) is 17.8. The van der Waals surface area contributed by atoms with Crippen LogP contribution in [0.2, 0.25) is 5.02 Å². The van der Waals surface area contributed by atoms with Crippen molar-refractivity contribution in [1.29, 1.82) is 0 Å². The molecule has 3 rings (SSSR count). The average Bonchev–Trinajstić information content (AvgIpc) is 3.24. The van der Waals surface area contributed by atoms with Crippen molar-refractivity contribution in [1.82, 2.24) is 20.4 Å². The van der Waals surface area contributed by atoms with Crippen molar-refractivity contribution in [2.75, 3.05) is 18.4 Å². The summed E-state index contributed by atoms with van der Waals surface area (Å²) in [6.45, 7) is 3.16. The van der Waals surface area contributed by atoms with E-state index in [1.54, 1.807) is 11.8 Å². The highest BCUT2D eigenvalue weighted by atomic mass is 35.5. The molecule has 2 heterocycles. The summed E-state index contributed by atoms with van der Waals surface area (Å²) in [6, 6.07) is 6.98. The maximum atomic E-state index is 12.4. The van der Waals surface area contributed by atoms with Crippen molar-refractivity contribution in [3.63, 3.8) is 0 Å². The fraction of sp³-hybridized carbons (Fsp3) is 0.476. The van der Waals surface area contributed by atoms with Gasteiger partial charge in [0.25, 0.3) is 0 Å². The minimum absolute atomic E-state index is 0.000428. The Hall–Kier alpha value is -2.17. The molecule has 0 aliphatic carbocycles. The highest BCUT2D eigenvalue weighted by molar-refractivity contribution is 8.00. The summed E-state index contributed by atoms with van der Waals surface area (Å²) in [5, 5.41) is 14.5. The van der Waals surface area contributed by atoms with Gasteiger partial charge in [0.2, 0.25) is 22.9 Å². The normalized spacial score (nSPS) is 14.6. The molecule has 1 aliphatic rings. The van der Waals surface area contributed by atoms with E-state index in [-0.39, 0.29) is 30.6 Å². The van der Waals surface area contributed by atoms with Crippen LogP contribution in [0.5, 0.6) is 0 Å². The number of carbonyl (C=O) groups excluding carboxylic acids is 3. The van der Waals surface area contributed by atoms with Gasteiger partial charge in [-0.3, -0.25) is 14.4 Å². The number of piperidine rings is 1. The molecule has 11 heteroatoms. The second-order valence-corrected chi connectivity index (χ2v) is 10.1. The number of nitrogens with one attached hydrogen (secondary N) is 2. The average molecular weight is 496 g/mol. The summed E-state index contributed by atoms with van der Waals surface area (Å²) >= 11 is 8.68. The number of amides is 3. The summed E-state index contributed by atoms with van der Waals surface area (Å²) in [4.78, 5) is 38.5. The SMILES string of the molecule is CC(NC(=O)CCC(=O)Nc1nnc(SCc2ccc(Cl)cc2)s1)C(=O)N1CCCCC1. The van der Waals surface area contributed by atoms with E-state index in [0.29, 0.717) is 15.9 Å². The number of carbonyl (C=O) groups is 3. The van der Waals surface area contributed by atoms with Crippen LogP contribution in [-0.2, 0) is 20.1 Å². The second-order valence-electron chi connectivity index (χ2n) is 7.51. The van der Waals surface area contributed by atoms with Crippen molar-refractivity contribution < 1.29 is 14.4 Å². The highest BCUT2D eigenvalue weighted by Gasteiger charge is 2.23. The number of halogens is 1. The summed E-state index contributed by atoms with van der Waals surface area (Å²) in [5.74, 6) is 0.00359. The molecule has 172 valence electrons. The van der Waals surface area contributed by atoms with Gasteiger partial charge in [-0.05, 0) is 43.9 Å². The Morgan fingerprint density at radius 3 is 2.50 bits per heavy atom. The van der Waals surface area contributed by atoms with Crippen LogP contribution in [0.15, 0.2) is 28.6 Å². The van der Waals surface area contributed by atoms with Crippen LogP contribution in [0.3, 0.4) is 0 Å². The summed E-state index contributed by atoms with van der Waals surface area (Å²) < 4.78 is 0.734. The van der Waals surface area contributed by atoms with Gasteiger partial charge in [0.15, 0.2) is 4.34 Å². The predicted octanol–water partition coefficient (Wildman–Crippen LogP) is 3.72. The largest absolute Gasteiger partial charge is 0.345 e. The summed E-state index contributed by atoms with van der Waals surface area (Å²) in [7, 11) is 0. The zero-order valence-corrected chi connectivity index (χ0v) is 20.2. The van der Waals surface area contributed by atoms with Crippen LogP contribution in [-0.4, -0.2) is 52.0 Å². The first-order chi connectivity index (χ1) is 15.4. The lowest BCUT2D eigenvalue weighted by Crippen LogP contribution is -2.48. The Balaban J connectivity index is 1.36. The molecule has 1 aromatic carbocycles. The number of likely N-dealkylation sites (tertiary alicyclic amines) is 1. The van der Waals surface area contributed by atoms with E-state index >= 15 is 0 Å². The van der Waals surface area contributed by atoms with E-state index in [1.165, 1.54) is 23.1 Å².